The van der Waals surface area contributed by atoms with Crippen LogP contribution < -0.4 is 4.90 Å². The van der Waals surface area contributed by atoms with Gasteiger partial charge >= 0.3 is 0 Å². The summed E-state index contributed by atoms with van der Waals surface area (Å²) in [4.78, 5) is 27.6. The third-order valence-electron chi connectivity index (χ3n) is 5.83. The second-order valence-corrected chi connectivity index (χ2v) is 8.63. The molecule has 0 radical (unpaired) electrons. The highest BCUT2D eigenvalue weighted by molar-refractivity contribution is 6.11. The van der Waals surface area contributed by atoms with E-state index in [2.05, 4.69) is 19.1 Å². The molecule has 0 aromatic heterocycles. The van der Waals surface area contributed by atoms with E-state index in [0.29, 0.717) is 23.2 Å². The molecule has 0 aliphatic rings. The molecule has 0 atom stereocenters. The molecular formula is C34H29NO2. The van der Waals surface area contributed by atoms with Gasteiger partial charge in [-0.15, -0.1) is 0 Å². The first-order valence-corrected chi connectivity index (χ1v) is 12.3. The van der Waals surface area contributed by atoms with E-state index >= 15 is 0 Å². The maximum absolute atomic E-state index is 13.3. The van der Waals surface area contributed by atoms with Crippen LogP contribution >= 0.6 is 0 Å². The molecule has 1 amide bonds. The first kappa shape index (κ1) is 25.3. The molecule has 0 unspecified atom stereocenters. The summed E-state index contributed by atoms with van der Waals surface area (Å²) in [5, 5.41) is 0. The van der Waals surface area contributed by atoms with E-state index < -0.39 is 0 Å². The smallest absolute Gasteiger partial charge is 0.262 e. The fourth-order valence-corrected chi connectivity index (χ4v) is 3.88. The number of hydrogen-bond acceptors (Lipinski definition) is 2. The summed E-state index contributed by atoms with van der Waals surface area (Å²) >= 11 is 0. The number of benzene rings is 5. The van der Waals surface area contributed by atoms with Gasteiger partial charge in [0, 0.05) is 28.9 Å². The molecule has 5 aromatic carbocycles. The fraction of sp³-hybridized carbons (Fsp3) is 0.0588. The molecular weight excluding hydrogens is 454 g/mol. The number of aryl methyl sites for hydroxylation is 1. The van der Waals surface area contributed by atoms with Crippen molar-refractivity contribution >= 4 is 23.1 Å². The summed E-state index contributed by atoms with van der Waals surface area (Å²) < 4.78 is 0. The monoisotopic (exact) mass is 483 g/mol. The molecule has 0 aliphatic carbocycles. The Balaban J connectivity index is 0.000000396. The maximum atomic E-state index is 13.3. The van der Waals surface area contributed by atoms with Gasteiger partial charge in [0.15, 0.2) is 5.78 Å². The zero-order valence-electron chi connectivity index (χ0n) is 20.8. The number of carbonyl (C=O) groups excluding carboxylic acids is 2. The molecule has 182 valence electrons. The van der Waals surface area contributed by atoms with Crippen LogP contribution in [0.1, 0.15) is 31.8 Å². The Morgan fingerprint density at radius 3 is 1.49 bits per heavy atom. The molecule has 0 heterocycles. The van der Waals surface area contributed by atoms with Crippen LogP contribution in [0.5, 0.6) is 0 Å². The molecule has 0 saturated carbocycles. The van der Waals surface area contributed by atoms with Gasteiger partial charge < -0.3 is 0 Å². The lowest BCUT2D eigenvalue weighted by Gasteiger charge is -2.23. The van der Waals surface area contributed by atoms with Crippen molar-refractivity contribution < 1.29 is 9.59 Å². The Hall–Kier alpha value is -4.76. The number of ketones is 1. The minimum absolute atomic E-state index is 0.0494. The predicted molar refractivity (Wildman–Crippen MR) is 151 cm³/mol. The summed E-state index contributed by atoms with van der Waals surface area (Å²) in [6, 6.07) is 45.9. The second kappa shape index (κ2) is 12.8. The Morgan fingerprint density at radius 1 is 0.514 bits per heavy atom. The molecule has 0 aliphatic heterocycles. The zero-order valence-corrected chi connectivity index (χ0v) is 20.8. The van der Waals surface area contributed by atoms with E-state index in [0.717, 1.165) is 11.3 Å². The third kappa shape index (κ3) is 7.12. The number of anilines is 2. The Bertz CT molecular complexity index is 1400. The van der Waals surface area contributed by atoms with Crippen molar-refractivity contribution in [1.82, 2.24) is 0 Å². The first-order chi connectivity index (χ1) is 18.1. The van der Waals surface area contributed by atoms with Gasteiger partial charge in [-0.05, 0) is 61.0 Å². The van der Waals surface area contributed by atoms with Crippen molar-refractivity contribution in [3.05, 3.63) is 168 Å². The summed E-state index contributed by atoms with van der Waals surface area (Å²) in [7, 11) is 0. The van der Waals surface area contributed by atoms with E-state index in [1.807, 2.05) is 109 Å². The highest BCUT2D eigenvalue weighted by Crippen LogP contribution is 2.28. The van der Waals surface area contributed by atoms with Crippen molar-refractivity contribution in [2.45, 2.75) is 13.3 Å². The van der Waals surface area contributed by atoms with Crippen molar-refractivity contribution in [3.8, 4) is 0 Å². The molecule has 3 heteroatoms. The van der Waals surface area contributed by atoms with Crippen LogP contribution in [-0.2, 0) is 6.42 Å². The molecule has 5 aromatic rings. The lowest BCUT2D eigenvalue weighted by molar-refractivity contribution is 0.0988. The fourth-order valence-electron chi connectivity index (χ4n) is 3.88. The number of para-hydroxylation sites is 1. The summed E-state index contributed by atoms with van der Waals surface area (Å²) in [5.41, 5.74) is 5.02. The zero-order chi connectivity index (χ0) is 25.9. The number of Topliss-reactive ketones (excluding diaryl/α,β-unsaturated/α-hetero) is 1. The molecule has 5 rings (SSSR count). The van der Waals surface area contributed by atoms with Crippen LogP contribution in [0.25, 0.3) is 0 Å². The highest BCUT2D eigenvalue weighted by Gasteiger charge is 2.20. The summed E-state index contributed by atoms with van der Waals surface area (Å²) in [6.07, 6.45) is 0.353. The summed E-state index contributed by atoms with van der Waals surface area (Å²) in [6.45, 7) is 2.08. The highest BCUT2D eigenvalue weighted by atomic mass is 16.2. The Kier molecular flexibility index (Phi) is 8.77. The molecule has 0 saturated heterocycles. The largest absolute Gasteiger partial charge is 0.294 e. The maximum Gasteiger partial charge on any atom is 0.262 e. The second-order valence-electron chi connectivity index (χ2n) is 8.63. The van der Waals surface area contributed by atoms with E-state index in [4.69, 9.17) is 0 Å². The number of hydrogen-bond donors (Lipinski definition) is 0. The van der Waals surface area contributed by atoms with Crippen LogP contribution in [0.4, 0.5) is 11.4 Å². The van der Waals surface area contributed by atoms with Crippen LogP contribution in [-0.4, -0.2) is 11.7 Å². The van der Waals surface area contributed by atoms with E-state index in [-0.39, 0.29) is 11.7 Å². The van der Waals surface area contributed by atoms with Gasteiger partial charge in [-0.25, -0.2) is 0 Å². The Labute approximate surface area is 218 Å². The van der Waals surface area contributed by atoms with Gasteiger partial charge in [0.2, 0.25) is 0 Å². The van der Waals surface area contributed by atoms with Crippen LogP contribution in [0.15, 0.2) is 146 Å². The minimum atomic E-state index is -0.120. The average Bonchev–Trinajstić information content (AvgIpc) is 2.96. The minimum Gasteiger partial charge on any atom is -0.294 e. The van der Waals surface area contributed by atoms with Gasteiger partial charge in [-0.3, -0.25) is 14.5 Å². The first-order valence-electron chi connectivity index (χ1n) is 12.3. The van der Waals surface area contributed by atoms with Crippen LogP contribution in [0.2, 0.25) is 0 Å². The van der Waals surface area contributed by atoms with Crippen LogP contribution in [0, 0.1) is 6.92 Å². The van der Waals surface area contributed by atoms with Gasteiger partial charge in [0.1, 0.15) is 0 Å². The number of amides is 1. The lowest BCUT2D eigenvalue weighted by atomic mass is 10.0. The topological polar surface area (TPSA) is 37.4 Å². The SMILES string of the molecule is Cc1ccccc1.O=C(Cc1ccccc1)c1ccc(N(C(=O)c2ccccc2)c2ccccc2)cc1. The molecule has 3 nitrogen and oxygen atoms in total. The van der Waals surface area contributed by atoms with Crippen molar-refractivity contribution in [3.63, 3.8) is 0 Å². The van der Waals surface area contributed by atoms with Crippen molar-refractivity contribution in [2.24, 2.45) is 0 Å². The quantitative estimate of drug-likeness (QED) is 0.229. The predicted octanol–water partition coefficient (Wildman–Crippen LogP) is 8.09. The normalized spacial score (nSPS) is 10.1. The van der Waals surface area contributed by atoms with Gasteiger partial charge in [0.25, 0.3) is 5.91 Å². The van der Waals surface area contributed by atoms with Crippen molar-refractivity contribution in [2.75, 3.05) is 4.90 Å². The average molecular weight is 484 g/mol. The molecule has 0 fully saturated rings. The Morgan fingerprint density at radius 2 is 0.973 bits per heavy atom. The lowest BCUT2D eigenvalue weighted by Crippen LogP contribution is -2.25. The van der Waals surface area contributed by atoms with Gasteiger partial charge in [0.05, 0.1) is 0 Å². The van der Waals surface area contributed by atoms with E-state index in [1.165, 1.54) is 5.56 Å². The van der Waals surface area contributed by atoms with Gasteiger partial charge in [-0.1, -0.05) is 103 Å². The number of rotatable bonds is 6. The summed E-state index contributed by atoms with van der Waals surface area (Å²) in [5.74, 6) is -0.0708. The van der Waals surface area contributed by atoms with Crippen LogP contribution in [0.3, 0.4) is 0 Å². The molecule has 0 bridgehead atoms. The molecule has 37 heavy (non-hydrogen) atoms. The molecule has 0 N–H and O–H groups in total. The van der Waals surface area contributed by atoms with Gasteiger partial charge in [-0.2, -0.15) is 0 Å². The van der Waals surface area contributed by atoms with Crippen molar-refractivity contribution in [1.29, 1.82) is 0 Å². The van der Waals surface area contributed by atoms with E-state index in [1.54, 1.807) is 29.2 Å². The number of carbonyl (C=O) groups is 2. The third-order valence-corrected chi connectivity index (χ3v) is 5.83. The number of nitrogens with zero attached hydrogens (tertiary/aromatic N) is 1. The molecule has 0 spiro atoms. The van der Waals surface area contributed by atoms with E-state index in [9.17, 15) is 9.59 Å². The standard InChI is InChI=1S/C27H21NO2.C7H8/c29-26(20-21-10-4-1-5-11-21)22-16-18-25(19-17-22)28(24-14-8-3-9-15-24)27(30)23-12-6-2-7-13-23;1-7-5-3-2-4-6-7/h1-19H,20H2;2-6H,1H3.